The lowest BCUT2D eigenvalue weighted by molar-refractivity contribution is 0.813. The highest BCUT2D eigenvalue weighted by molar-refractivity contribution is 5.59. The molecule has 3 N–H and O–H groups in total. The number of hydrazine groups is 1. The molecule has 0 unspecified atom stereocenters. The van der Waals surface area contributed by atoms with Crippen molar-refractivity contribution in [3.8, 4) is 12.1 Å². The van der Waals surface area contributed by atoms with Crippen molar-refractivity contribution in [1.29, 1.82) is 10.5 Å². The number of hydrogen-bond donors (Lipinski definition) is 2. The number of nitrogens with one attached hydrogen (secondary N) is 1. The van der Waals surface area contributed by atoms with E-state index in [0.29, 0.717) is 17.5 Å². The fraction of sp³-hybridized carbons (Fsp3) is 0.500. The van der Waals surface area contributed by atoms with Crippen LogP contribution in [0.5, 0.6) is 0 Å². The van der Waals surface area contributed by atoms with Crippen molar-refractivity contribution in [2.75, 3.05) is 23.4 Å². The molecule has 0 saturated heterocycles. The van der Waals surface area contributed by atoms with Gasteiger partial charge in [0.05, 0.1) is 12.1 Å². The second-order valence-corrected chi connectivity index (χ2v) is 4.00. The molecule has 0 aliphatic rings. The number of nitrogens with zero attached hydrogens (tertiary/aromatic N) is 5. The first kappa shape index (κ1) is 14.7. The molecule has 7 nitrogen and oxygen atoms in total. The first-order valence-corrected chi connectivity index (χ1v) is 6.00. The zero-order valence-corrected chi connectivity index (χ0v) is 11.1. The van der Waals surface area contributed by atoms with Crippen molar-refractivity contribution in [2.24, 2.45) is 5.84 Å². The van der Waals surface area contributed by atoms with Crippen molar-refractivity contribution < 1.29 is 0 Å². The van der Waals surface area contributed by atoms with Gasteiger partial charge in [0.15, 0.2) is 0 Å². The molecule has 1 aromatic rings. The molecule has 0 radical (unpaired) electrons. The van der Waals surface area contributed by atoms with Gasteiger partial charge in [0.1, 0.15) is 30.5 Å². The van der Waals surface area contributed by atoms with Gasteiger partial charge in [0.25, 0.3) is 0 Å². The summed E-state index contributed by atoms with van der Waals surface area (Å²) in [6.45, 7) is 4.03. The summed E-state index contributed by atoms with van der Waals surface area (Å²) in [6.07, 6.45) is 1.62. The highest BCUT2D eigenvalue weighted by atomic mass is 15.3. The molecule has 0 atom stereocenters. The molecule has 1 aromatic heterocycles. The first-order chi connectivity index (χ1) is 9.17. The minimum atomic E-state index is 0.0982. The zero-order valence-electron chi connectivity index (χ0n) is 11.1. The lowest BCUT2D eigenvalue weighted by atomic mass is 10.2. The summed E-state index contributed by atoms with van der Waals surface area (Å²) >= 11 is 0. The summed E-state index contributed by atoms with van der Waals surface area (Å²) < 4.78 is 0. The second kappa shape index (κ2) is 7.14. The Morgan fingerprint density at radius 1 is 1.26 bits per heavy atom. The molecule has 7 heteroatoms. The molecule has 0 aliphatic carbocycles. The maximum atomic E-state index is 8.83. The fourth-order valence-corrected chi connectivity index (χ4v) is 1.71. The molecule has 1 heterocycles. The van der Waals surface area contributed by atoms with Crippen molar-refractivity contribution in [1.82, 2.24) is 9.97 Å². The molecule has 0 aromatic carbocycles. The predicted octanol–water partition coefficient (Wildman–Crippen LogP) is 0.877. The first-order valence-electron chi connectivity index (χ1n) is 6.00. The standard InChI is InChI=1S/C12H17N7/c1-3-4-10-16-11(18-15)9(2)12(17-10)19(7-5-13)8-6-14/h3-4,7-8,15H2,1-2H3,(H,16,17,18). The number of aromatic nitrogens is 2. The van der Waals surface area contributed by atoms with E-state index in [4.69, 9.17) is 16.4 Å². The van der Waals surface area contributed by atoms with Gasteiger partial charge in [0, 0.05) is 12.0 Å². The lowest BCUT2D eigenvalue weighted by Crippen LogP contribution is -2.27. The third-order valence-corrected chi connectivity index (χ3v) is 2.60. The van der Waals surface area contributed by atoms with Crippen LogP contribution in [-0.2, 0) is 6.42 Å². The van der Waals surface area contributed by atoms with Crippen LogP contribution in [0.15, 0.2) is 0 Å². The fourth-order valence-electron chi connectivity index (χ4n) is 1.71. The molecule has 0 amide bonds. The molecule has 1 rings (SSSR count). The minimum absolute atomic E-state index is 0.0982. The van der Waals surface area contributed by atoms with Crippen molar-refractivity contribution >= 4 is 11.6 Å². The predicted molar refractivity (Wildman–Crippen MR) is 72.0 cm³/mol. The van der Waals surface area contributed by atoms with Crippen LogP contribution < -0.4 is 16.2 Å². The Balaban J connectivity index is 3.26. The monoisotopic (exact) mass is 259 g/mol. The number of anilines is 2. The third kappa shape index (κ3) is 3.54. The number of nitriles is 2. The quantitative estimate of drug-likeness (QED) is 0.442. The molecular formula is C12H17N7. The maximum absolute atomic E-state index is 8.83. The zero-order chi connectivity index (χ0) is 14.3. The van der Waals surface area contributed by atoms with Gasteiger partial charge in [0.2, 0.25) is 0 Å². The summed E-state index contributed by atoms with van der Waals surface area (Å²) in [5, 5.41) is 17.7. The summed E-state index contributed by atoms with van der Waals surface area (Å²) in [4.78, 5) is 10.3. The van der Waals surface area contributed by atoms with E-state index in [1.54, 1.807) is 4.90 Å². The van der Waals surface area contributed by atoms with Crippen LogP contribution in [0.1, 0.15) is 24.7 Å². The van der Waals surface area contributed by atoms with E-state index in [-0.39, 0.29) is 13.1 Å². The Morgan fingerprint density at radius 2 is 1.89 bits per heavy atom. The van der Waals surface area contributed by atoms with Crippen LogP contribution in [0.25, 0.3) is 0 Å². The summed E-state index contributed by atoms with van der Waals surface area (Å²) in [5.41, 5.74) is 3.26. The van der Waals surface area contributed by atoms with Crippen LogP contribution in [0, 0.1) is 29.6 Å². The third-order valence-electron chi connectivity index (χ3n) is 2.60. The molecule has 0 saturated carbocycles. The number of nitrogens with two attached hydrogens (primary N) is 1. The largest absolute Gasteiger partial charge is 0.330 e. The number of nitrogen functional groups attached to an aromatic ring is 1. The van der Waals surface area contributed by atoms with Crippen LogP contribution in [-0.4, -0.2) is 23.1 Å². The van der Waals surface area contributed by atoms with Gasteiger partial charge >= 0.3 is 0 Å². The van der Waals surface area contributed by atoms with Gasteiger partial charge < -0.3 is 10.3 Å². The summed E-state index contributed by atoms with van der Waals surface area (Å²) in [5.74, 6) is 7.19. The average molecular weight is 259 g/mol. The highest BCUT2D eigenvalue weighted by Crippen LogP contribution is 2.23. The van der Waals surface area contributed by atoms with Crippen LogP contribution in [0.2, 0.25) is 0 Å². The van der Waals surface area contributed by atoms with Crippen LogP contribution >= 0.6 is 0 Å². The normalized spacial score (nSPS) is 9.53. The van der Waals surface area contributed by atoms with Gasteiger partial charge in [-0.15, -0.1) is 0 Å². The smallest absolute Gasteiger partial charge is 0.148 e. The minimum Gasteiger partial charge on any atom is -0.330 e. The van der Waals surface area contributed by atoms with E-state index < -0.39 is 0 Å². The second-order valence-electron chi connectivity index (χ2n) is 4.00. The van der Waals surface area contributed by atoms with E-state index in [2.05, 4.69) is 15.4 Å². The Morgan fingerprint density at radius 3 is 2.37 bits per heavy atom. The molecule has 100 valence electrons. The average Bonchev–Trinajstić information content (AvgIpc) is 2.40. The molecule has 19 heavy (non-hydrogen) atoms. The van der Waals surface area contributed by atoms with Gasteiger partial charge in [-0.2, -0.15) is 10.5 Å². The summed E-state index contributed by atoms with van der Waals surface area (Å²) in [7, 11) is 0. The van der Waals surface area contributed by atoms with Gasteiger partial charge in [-0.25, -0.2) is 15.8 Å². The van der Waals surface area contributed by atoms with Gasteiger partial charge in [-0.05, 0) is 13.3 Å². The van der Waals surface area contributed by atoms with Crippen molar-refractivity contribution in [2.45, 2.75) is 26.7 Å². The Labute approximate surface area is 112 Å². The van der Waals surface area contributed by atoms with E-state index in [1.807, 2.05) is 26.0 Å². The van der Waals surface area contributed by atoms with E-state index in [0.717, 1.165) is 18.4 Å². The van der Waals surface area contributed by atoms with Crippen LogP contribution in [0.4, 0.5) is 11.6 Å². The molecule has 0 bridgehead atoms. The number of rotatable bonds is 6. The van der Waals surface area contributed by atoms with Crippen molar-refractivity contribution in [3.05, 3.63) is 11.4 Å². The lowest BCUT2D eigenvalue weighted by Gasteiger charge is -2.21. The molecule has 0 aliphatic heterocycles. The highest BCUT2D eigenvalue weighted by Gasteiger charge is 2.15. The van der Waals surface area contributed by atoms with E-state index >= 15 is 0 Å². The van der Waals surface area contributed by atoms with E-state index in [9.17, 15) is 0 Å². The Bertz CT molecular complexity index is 496. The molecule has 0 spiro atoms. The summed E-state index contributed by atoms with van der Waals surface area (Å²) in [6, 6.07) is 4.06. The van der Waals surface area contributed by atoms with E-state index in [1.165, 1.54) is 0 Å². The molecular weight excluding hydrogens is 242 g/mol. The van der Waals surface area contributed by atoms with Crippen LogP contribution in [0.3, 0.4) is 0 Å². The topological polar surface area (TPSA) is 115 Å². The Kier molecular flexibility index (Phi) is 5.52. The number of aryl methyl sites for hydroxylation is 1. The van der Waals surface area contributed by atoms with Gasteiger partial charge in [-0.1, -0.05) is 6.92 Å². The number of hydrogen-bond acceptors (Lipinski definition) is 7. The van der Waals surface area contributed by atoms with Gasteiger partial charge in [-0.3, -0.25) is 0 Å². The molecule has 0 fully saturated rings. The Hall–Kier alpha value is -2.38. The van der Waals surface area contributed by atoms with Crippen molar-refractivity contribution in [3.63, 3.8) is 0 Å². The maximum Gasteiger partial charge on any atom is 0.148 e. The SMILES string of the molecule is CCCc1nc(NN)c(C)c(N(CC#N)CC#N)n1.